The highest BCUT2D eigenvalue weighted by atomic mass is 16.6. The molecule has 114 valence electrons. The second-order valence-corrected chi connectivity index (χ2v) is 4.44. The van der Waals surface area contributed by atoms with Gasteiger partial charge in [0.25, 0.3) is 11.6 Å². The van der Waals surface area contributed by atoms with Crippen molar-refractivity contribution in [2.75, 3.05) is 13.7 Å². The molecule has 1 heterocycles. The number of carbonyl (C=O) groups is 2. The van der Waals surface area contributed by atoms with Gasteiger partial charge in [0, 0.05) is 13.7 Å². The number of methoxy groups -OCH3 is 1. The number of amides is 2. The fourth-order valence-corrected chi connectivity index (χ4v) is 1.98. The Kier molecular flexibility index (Phi) is 4.77. The van der Waals surface area contributed by atoms with Crippen LogP contribution in [0.1, 0.15) is 12.5 Å². The summed E-state index contributed by atoms with van der Waals surface area (Å²) < 4.78 is 15.5. The zero-order valence-electron chi connectivity index (χ0n) is 11.9. The zero-order valence-corrected chi connectivity index (χ0v) is 11.9. The molecule has 0 aliphatic carbocycles. The molecule has 1 aliphatic heterocycles. The molecule has 1 aromatic carbocycles. The zero-order chi connectivity index (χ0) is 15.3. The van der Waals surface area contributed by atoms with Crippen LogP contribution in [0.25, 0.3) is 0 Å². The van der Waals surface area contributed by atoms with Crippen molar-refractivity contribution in [3.8, 4) is 0 Å². The molecule has 2 amide bonds. The van der Waals surface area contributed by atoms with Crippen LogP contribution in [0, 0.1) is 0 Å². The Balaban J connectivity index is 1.92. The number of benzene rings is 1. The lowest BCUT2D eigenvalue weighted by Gasteiger charge is -2.45. The van der Waals surface area contributed by atoms with Crippen molar-refractivity contribution >= 4 is 12.0 Å². The minimum atomic E-state index is -1.54. The van der Waals surface area contributed by atoms with Gasteiger partial charge >= 0.3 is 6.09 Å². The van der Waals surface area contributed by atoms with E-state index in [1.54, 1.807) is 6.92 Å². The molecule has 7 nitrogen and oxygen atoms in total. The molecule has 0 aromatic heterocycles. The third-order valence-corrected chi connectivity index (χ3v) is 3.12. The molecular formula is C14H18N2O5. The first-order valence-electron chi connectivity index (χ1n) is 6.59. The van der Waals surface area contributed by atoms with Crippen molar-refractivity contribution < 1.29 is 23.8 Å². The monoisotopic (exact) mass is 294 g/mol. The van der Waals surface area contributed by atoms with E-state index in [4.69, 9.17) is 14.2 Å². The Morgan fingerprint density at radius 1 is 1.38 bits per heavy atom. The average molecular weight is 294 g/mol. The first kappa shape index (κ1) is 15.3. The summed E-state index contributed by atoms with van der Waals surface area (Å²) in [4.78, 5) is 23.5. The van der Waals surface area contributed by atoms with Crippen molar-refractivity contribution in [1.82, 2.24) is 10.6 Å². The number of carbonyl (C=O) groups excluding carboxylic acids is 2. The van der Waals surface area contributed by atoms with E-state index in [2.05, 4.69) is 10.6 Å². The normalized spacial score (nSPS) is 23.9. The number of alkyl carbamates (subject to hydrolysis) is 1. The molecule has 1 saturated heterocycles. The van der Waals surface area contributed by atoms with E-state index in [9.17, 15) is 9.59 Å². The molecule has 0 radical (unpaired) electrons. The molecular weight excluding hydrogens is 276 g/mol. The molecule has 2 atom stereocenters. The van der Waals surface area contributed by atoms with Crippen molar-refractivity contribution in [2.45, 2.75) is 25.5 Å². The summed E-state index contributed by atoms with van der Waals surface area (Å²) in [7, 11) is 1.32. The molecule has 1 aliphatic rings. The highest BCUT2D eigenvalue weighted by Crippen LogP contribution is 2.23. The van der Waals surface area contributed by atoms with Crippen molar-refractivity contribution in [1.29, 1.82) is 0 Å². The van der Waals surface area contributed by atoms with E-state index >= 15 is 0 Å². The predicted molar refractivity (Wildman–Crippen MR) is 73.1 cm³/mol. The molecule has 2 rings (SSSR count). The van der Waals surface area contributed by atoms with E-state index in [1.807, 2.05) is 30.3 Å². The van der Waals surface area contributed by atoms with Crippen LogP contribution in [0.3, 0.4) is 0 Å². The number of rotatable bonds is 6. The second-order valence-electron chi connectivity index (χ2n) is 4.44. The van der Waals surface area contributed by atoms with Crippen LogP contribution < -0.4 is 10.6 Å². The summed E-state index contributed by atoms with van der Waals surface area (Å²) in [6.45, 7) is 2.25. The van der Waals surface area contributed by atoms with Crippen LogP contribution in [0.15, 0.2) is 30.3 Å². The summed E-state index contributed by atoms with van der Waals surface area (Å²) in [6, 6.07) is 9.22. The highest BCUT2D eigenvalue weighted by molar-refractivity contribution is 5.94. The predicted octanol–water partition coefficient (Wildman–Crippen LogP) is 0.748. The molecule has 21 heavy (non-hydrogen) atoms. The maximum atomic E-state index is 11.8. The largest absolute Gasteiger partial charge is 0.445 e. The van der Waals surface area contributed by atoms with Crippen LogP contribution in [0.5, 0.6) is 0 Å². The van der Waals surface area contributed by atoms with E-state index < -0.39 is 24.0 Å². The van der Waals surface area contributed by atoms with Gasteiger partial charge in [0.1, 0.15) is 6.61 Å². The van der Waals surface area contributed by atoms with Crippen LogP contribution in [0.2, 0.25) is 0 Å². The van der Waals surface area contributed by atoms with E-state index in [-0.39, 0.29) is 6.61 Å². The number of hydrogen-bond acceptors (Lipinski definition) is 5. The van der Waals surface area contributed by atoms with Gasteiger partial charge in [-0.1, -0.05) is 30.3 Å². The van der Waals surface area contributed by atoms with Gasteiger partial charge < -0.3 is 19.5 Å². The SMILES string of the molecule is CCOC1NC(=O)C1(NC(=O)OCc1ccccc1)OC. The highest BCUT2D eigenvalue weighted by Gasteiger charge is 2.59. The van der Waals surface area contributed by atoms with Gasteiger partial charge in [-0.25, -0.2) is 4.79 Å². The van der Waals surface area contributed by atoms with Crippen LogP contribution in [-0.4, -0.2) is 37.7 Å². The lowest BCUT2D eigenvalue weighted by atomic mass is 10.0. The Labute approximate surface area is 122 Å². The van der Waals surface area contributed by atoms with Gasteiger partial charge in [-0.3, -0.25) is 10.1 Å². The molecule has 0 spiro atoms. The summed E-state index contributed by atoms with van der Waals surface area (Å²) in [5.74, 6) is -0.472. The number of hydrogen-bond donors (Lipinski definition) is 2. The lowest BCUT2D eigenvalue weighted by Crippen LogP contribution is -2.80. The molecule has 1 fully saturated rings. The van der Waals surface area contributed by atoms with Gasteiger partial charge in [-0.2, -0.15) is 0 Å². The van der Waals surface area contributed by atoms with Crippen molar-refractivity contribution in [3.05, 3.63) is 35.9 Å². The number of ether oxygens (including phenoxy) is 3. The minimum absolute atomic E-state index is 0.105. The van der Waals surface area contributed by atoms with Crippen LogP contribution in [-0.2, 0) is 25.6 Å². The smallest absolute Gasteiger partial charge is 0.410 e. The van der Waals surface area contributed by atoms with Gasteiger partial charge in [0.2, 0.25) is 0 Å². The topological polar surface area (TPSA) is 85.9 Å². The Morgan fingerprint density at radius 3 is 2.67 bits per heavy atom. The van der Waals surface area contributed by atoms with E-state index in [0.29, 0.717) is 6.61 Å². The Hall–Kier alpha value is -2.12. The maximum absolute atomic E-state index is 11.8. The Morgan fingerprint density at radius 2 is 2.10 bits per heavy atom. The molecule has 7 heteroatoms. The second kappa shape index (κ2) is 6.55. The Bertz CT molecular complexity index is 507. The summed E-state index contributed by atoms with van der Waals surface area (Å²) >= 11 is 0. The van der Waals surface area contributed by atoms with Crippen molar-refractivity contribution in [3.63, 3.8) is 0 Å². The first-order valence-corrected chi connectivity index (χ1v) is 6.59. The van der Waals surface area contributed by atoms with Gasteiger partial charge in [-0.05, 0) is 12.5 Å². The third kappa shape index (κ3) is 3.14. The molecule has 0 saturated carbocycles. The number of nitrogens with one attached hydrogen (secondary N) is 2. The molecule has 0 bridgehead atoms. The quantitative estimate of drug-likeness (QED) is 0.597. The molecule has 1 aromatic rings. The lowest BCUT2D eigenvalue weighted by molar-refractivity contribution is -0.212. The standard InChI is InChI=1S/C14H18N2O5/c1-3-20-12-14(19-2,11(17)15-12)16-13(18)21-9-10-7-5-4-6-8-10/h4-8,12H,3,9H2,1-2H3,(H,15,17)(H,16,18). The fraction of sp³-hybridized carbons (Fsp3) is 0.429. The third-order valence-electron chi connectivity index (χ3n) is 3.12. The minimum Gasteiger partial charge on any atom is -0.445 e. The van der Waals surface area contributed by atoms with Gasteiger partial charge in [-0.15, -0.1) is 0 Å². The average Bonchev–Trinajstić information content (AvgIpc) is 2.51. The summed E-state index contributed by atoms with van der Waals surface area (Å²) in [5, 5.41) is 4.92. The summed E-state index contributed by atoms with van der Waals surface area (Å²) in [6.07, 6.45) is -1.48. The molecule has 2 N–H and O–H groups in total. The van der Waals surface area contributed by atoms with Gasteiger partial charge in [0.05, 0.1) is 0 Å². The fourth-order valence-electron chi connectivity index (χ4n) is 1.98. The maximum Gasteiger partial charge on any atom is 0.410 e. The van der Waals surface area contributed by atoms with E-state index in [0.717, 1.165) is 5.56 Å². The van der Waals surface area contributed by atoms with E-state index in [1.165, 1.54) is 7.11 Å². The molecule has 2 unspecified atom stereocenters. The van der Waals surface area contributed by atoms with Crippen molar-refractivity contribution in [2.24, 2.45) is 0 Å². The van der Waals surface area contributed by atoms with Crippen LogP contribution in [0.4, 0.5) is 4.79 Å². The number of β-lactam (4-membered cyclic amide) rings is 1. The first-order chi connectivity index (χ1) is 10.1. The summed E-state index contributed by atoms with van der Waals surface area (Å²) in [5.41, 5.74) is -0.692. The van der Waals surface area contributed by atoms with Crippen LogP contribution >= 0.6 is 0 Å². The van der Waals surface area contributed by atoms with Gasteiger partial charge in [0.15, 0.2) is 6.23 Å².